The lowest BCUT2D eigenvalue weighted by molar-refractivity contribution is 0.0950. The van der Waals surface area contributed by atoms with E-state index in [-0.39, 0.29) is 18.3 Å². The molecule has 0 bridgehead atoms. The topological polar surface area (TPSA) is 55.1 Å². The summed E-state index contributed by atoms with van der Waals surface area (Å²) in [7, 11) is 0. The molecule has 20 heavy (non-hydrogen) atoms. The van der Waals surface area contributed by atoms with Crippen molar-refractivity contribution < 1.29 is 9.18 Å². The predicted octanol–water partition coefficient (Wildman–Crippen LogP) is 2.26. The van der Waals surface area contributed by atoms with Crippen LogP contribution in [0.5, 0.6) is 0 Å². The van der Waals surface area contributed by atoms with Gasteiger partial charge in [0.05, 0.1) is 0 Å². The fourth-order valence-corrected chi connectivity index (χ4v) is 1.95. The van der Waals surface area contributed by atoms with Crippen molar-refractivity contribution in [1.29, 1.82) is 0 Å². The van der Waals surface area contributed by atoms with Gasteiger partial charge in [-0.25, -0.2) is 4.39 Å². The molecule has 0 radical (unpaired) electrons. The van der Waals surface area contributed by atoms with Gasteiger partial charge < -0.3 is 11.1 Å². The average molecular weight is 272 g/mol. The van der Waals surface area contributed by atoms with Crippen LogP contribution in [0.3, 0.4) is 0 Å². The largest absolute Gasteiger partial charge is 0.348 e. The summed E-state index contributed by atoms with van der Waals surface area (Å²) in [5.74, 6) is -0.531. The van der Waals surface area contributed by atoms with Crippen molar-refractivity contribution in [2.24, 2.45) is 5.73 Å². The molecule has 0 aliphatic rings. The van der Waals surface area contributed by atoms with Crippen molar-refractivity contribution in [3.63, 3.8) is 0 Å². The van der Waals surface area contributed by atoms with Crippen LogP contribution in [0.1, 0.15) is 21.5 Å². The minimum absolute atomic E-state index is 0.173. The number of nitrogens with two attached hydrogens (primary N) is 1. The van der Waals surface area contributed by atoms with E-state index < -0.39 is 0 Å². The molecule has 104 valence electrons. The summed E-state index contributed by atoms with van der Waals surface area (Å²) in [4.78, 5) is 12.0. The Morgan fingerprint density at radius 2 is 1.95 bits per heavy atom. The number of carbonyl (C=O) groups excluding carboxylic acids is 1. The number of carbonyl (C=O) groups is 1. The zero-order valence-electron chi connectivity index (χ0n) is 11.1. The molecule has 3 N–H and O–H groups in total. The van der Waals surface area contributed by atoms with Crippen molar-refractivity contribution in [1.82, 2.24) is 5.32 Å². The van der Waals surface area contributed by atoms with E-state index in [1.807, 2.05) is 18.2 Å². The first-order valence-corrected chi connectivity index (χ1v) is 6.51. The maximum absolute atomic E-state index is 13.4. The highest BCUT2D eigenvalue weighted by Crippen LogP contribution is 2.08. The maximum atomic E-state index is 13.4. The van der Waals surface area contributed by atoms with Crippen molar-refractivity contribution >= 4 is 5.91 Å². The number of rotatable bonds is 5. The molecule has 0 saturated carbocycles. The Morgan fingerprint density at radius 3 is 2.70 bits per heavy atom. The van der Waals surface area contributed by atoms with Crippen LogP contribution in [-0.4, -0.2) is 12.5 Å². The van der Waals surface area contributed by atoms with Crippen LogP contribution >= 0.6 is 0 Å². The van der Waals surface area contributed by atoms with Crippen LogP contribution in [0.15, 0.2) is 48.5 Å². The van der Waals surface area contributed by atoms with Crippen molar-refractivity contribution in [2.75, 3.05) is 6.54 Å². The van der Waals surface area contributed by atoms with E-state index >= 15 is 0 Å². The Morgan fingerprint density at radius 1 is 1.15 bits per heavy atom. The highest BCUT2D eigenvalue weighted by atomic mass is 19.1. The van der Waals surface area contributed by atoms with E-state index in [9.17, 15) is 9.18 Å². The van der Waals surface area contributed by atoms with Gasteiger partial charge in [0, 0.05) is 17.7 Å². The minimum Gasteiger partial charge on any atom is -0.348 e. The fourth-order valence-electron chi connectivity index (χ4n) is 1.95. The Labute approximate surface area is 117 Å². The van der Waals surface area contributed by atoms with Crippen LogP contribution in [0, 0.1) is 5.82 Å². The monoisotopic (exact) mass is 272 g/mol. The van der Waals surface area contributed by atoms with Crippen LogP contribution < -0.4 is 11.1 Å². The molecule has 3 nitrogen and oxygen atoms in total. The Hall–Kier alpha value is -2.20. The third-order valence-electron chi connectivity index (χ3n) is 3.02. The lowest BCUT2D eigenvalue weighted by atomic mass is 10.1. The first kappa shape index (κ1) is 14.2. The summed E-state index contributed by atoms with van der Waals surface area (Å²) >= 11 is 0. The number of amides is 1. The molecule has 0 fully saturated rings. The van der Waals surface area contributed by atoms with Gasteiger partial charge in [0.15, 0.2) is 0 Å². The summed E-state index contributed by atoms with van der Waals surface area (Å²) in [5.41, 5.74) is 7.55. The van der Waals surface area contributed by atoms with Gasteiger partial charge in [-0.15, -0.1) is 0 Å². The number of benzene rings is 2. The molecule has 2 aromatic rings. The molecule has 0 unspecified atom stereocenters. The van der Waals surface area contributed by atoms with Crippen molar-refractivity contribution in [3.8, 4) is 0 Å². The van der Waals surface area contributed by atoms with Crippen molar-refractivity contribution in [3.05, 3.63) is 71.0 Å². The lowest BCUT2D eigenvalue weighted by Crippen LogP contribution is -2.23. The maximum Gasteiger partial charge on any atom is 0.251 e. The lowest BCUT2D eigenvalue weighted by Gasteiger charge is -2.07. The normalized spacial score (nSPS) is 10.3. The second-order valence-corrected chi connectivity index (χ2v) is 4.51. The molecule has 1 amide bonds. The molecule has 0 aliphatic carbocycles. The summed E-state index contributed by atoms with van der Waals surface area (Å²) in [6, 6.07) is 13.7. The third kappa shape index (κ3) is 3.65. The third-order valence-corrected chi connectivity index (χ3v) is 3.02. The van der Waals surface area contributed by atoms with Gasteiger partial charge >= 0.3 is 0 Å². The van der Waals surface area contributed by atoms with Crippen LogP contribution in [0.25, 0.3) is 0 Å². The molecule has 0 aliphatic heterocycles. The molecule has 0 heterocycles. The van der Waals surface area contributed by atoms with E-state index in [0.717, 1.165) is 12.0 Å². The summed E-state index contributed by atoms with van der Waals surface area (Å²) in [6.45, 7) is 0.715. The van der Waals surface area contributed by atoms with Crippen LogP contribution in [0.4, 0.5) is 4.39 Å². The van der Waals surface area contributed by atoms with Gasteiger partial charge in [0.25, 0.3) is 5.91 Å². The Bertz CT molecular complexity index is 599. The number of halogens is 1. The molecule has 0 saturated heterocycles. The van der Waals surface area contributed by atoms with Gasteiger partial charge in [-0.1, -0.05) is 30.3 Å². The molecule has 2 rings (SSSR count). The average Bonchev–Trinajstić information content (AvgIpc) is 2.47. The number of hydrogen-bond acceptors (Lipinski definition) is 2. The van der Waals surface area contributed by atoms with Gasteiger partial charge in [-0.05, 0) is 36.7 Å². The van der Waals surface area contributed by atoms with Gasteiger partial charge in [0.2, 0.25) is 0 Å². The predicted molar refractivity (Wildman–Crippen MR) is 76.8 cm³/mol. The molecule has 0 atom stereocenters. The first-order chi connectivity index (χ1) is 9.70. The summed E-state index contributed by atoms with van der Waals surface area (Å²) in [5, 5.41) is 2.72. The zero-order chi connectivity index (χ0) is 14.4. The molecule has 4 heteroatoms. The van der Waals surface area contributed by atoms with Gasteiger partial charge in [-0.2, -0.15) is 0 Å². The fraction of sp³-hybridized carbons (Fsp3) is 0.188. The van der Waals surface area contributed by atoms with E-state index in [1.54, 1.807) is 24.3 Å². The second-order valence-electron chi connectivity index (χ2n) is 4.51. The molecular weight excluding hydrogens is 255 g/mol. The van der Waals surface area contributed by atoms with E-state index in [2.05, 4.69) is 5.32 Å². The van der Waals surface area contributed by atoms with Gasteiger partial charge in [0.1, 0.15) is 5.82 Å². The quantitative estimate of drug-likeness (QED) is 0.877. The summed E-state index contributed by atoms with van der Waals surface area (Å²) in [6.07, 6.45) is 0.731. The molecule has 2 aromatic carbocycles. The van der Waals surface area contributed by atoms with Crippen LogP contribution in [-0.2, 0) is 13.0 Å². The van der Waals surface area contributed by atoms with E-state index in [4.69, 9.17) is 5.73 Å². The van der Waals surface area contributed by atoms with E-state index in [1.165, 1.54) is 6.07 Å². The molecular formula is C16H17FN2O. The smallest absolute Gasteiger partial charge is 0.251 e. The van der Waals surface area contributed by atoms with Crippen molar-refractivity contribution in [2.45, 2.75) is 13.0 Å². The van der Waals surface area contributed by atoms with E-state index in [0.29, 0.717) is 17.7 Å². The number of nitrogens with one attached hydrogen (secondary N) is 1. The zero-order valence-corrected chi connectivity index (χ0v) is 11.1. The highest BCUT2D eigenvalue weighted by Gasteiger charge is 2.07. The summed E-state index contributed by atoms with van der Waals surface area (Å²) < 4.78 is 13.4. The van der Waals surface area contributed by atoms with Gasteiger partial charge in [-0.3, -0.25) is 4.79 Å². The standard InChI is InChI=1S/C16H17FN2O/c17-15-7-2-1-5-14(15)11-19-16(20)13-6-3-4-12(10-13)8-9-18/h1-7,10H,8-9,11,18H2,(H,19,20). The number of hydrogen-bond donors (Lipinski definition) is 2. The minimum atomic E-state index is -0.315. The SMILES string of the molecule is NCCc1cccc(C(=O)NCc2ccccc2F)c1. The molecule has 0 spiro atoms. The highest BCUT2D eigenvalue weighted by molar-refractivity contribution is 5.94. The Balaban J connectivity index is 2.01. The van der Waals surface area contributed by atoms with Crippen LogP contribution in [0.2, 0.25) is 0 Å². The first-order valence-electron chi connectivity index (χ1n) is 6.51. The molecule has 0 aromatic heterocycles. The second kappa shape index (κ2) is 6.82. The Kier molecular flexibility index (Phi) is 4.85.